The molecule has 11 nitrogen and oxygen atoms in total. The molecule has 0 spiro atoms. The number of hydrogen-bond donors (Lipinski definition) is 1. The van der Waals surface area contributed by atoms with Gasteiger partial charge in [-0.25, -0.2) is 9.59 Å². The van der Waals surface area contributed by atoms with Gasteiger partial charge in [0.25, 0.3) is 17.4 Å². The van der Waals surface area contributed by atoms with E-state index < -0.39 is 47.0 Å². The first kappa shape index (κ1) is 26.6. The van der Waals surface area contributed by atoms with Gasteiger partial charge in [-0.1, -0.05) is 27.7 Å². The van der Waals surface area contributed by atoms with E-state index in [4.69, 9.17) is 10.5 Å². The summed E-state index contributed by atoms with van der Waals surface area (Å²) >= 11 is 0. The van der Waals surface area contributed by atoms with Crippen LogP contribution < -0.4 is 17.0 Å². The van der Waals surface area contributed by atoms with Crippen LogP contribution in [0.3, 0.4) is 0 Å². The minimum Gasteiger partial charge on any atom is -0.454 e. The second-order valence-electron chi connectivity index (χ2n) is 9.62. The first-order valence-electron chi connectivity index (χ1n) is 11.6. The Balaban J connectivity index is 1.79. The average molecular weight is 499 g/mol. The second kappa shape index (κ2) is 10.3. The van der Waals surface area contributed by atoms with E-state index >= 15 is 0 Å². The second-order valence-corrected chi connectivity index (χ2v) is 9.62. The number of Topliss-reactive ketones (excluding diaryl/α,β-unsaturated/α-hetero) is 1. The normalized spacial score (nSPS) is 13.0. The minimum atomic E-state index is -0.919. The Hall–Kier alpha value is -4.02. The van der Waals surface area contributed by atoms with Crippen molar-refractivity contribution in [2.45, 2.75) is 40.7 Å². The van der Waals surface area contributed by atoms with E-state index in [9.17, 15) is 28.8 Å². The molecule has 1 aliphatic rings. The van der Waals surface area contributed by atoms with E-state index in [0.717, 1.165) is 14.0 Å². The number of amides is 2. The van der Waals surface area contributed by atoms with Crippen LogP contribution in [-0.2, 0) is 18.3 Å². The molecule has 0 atom stereocenters. The summed E-state index contributed by atoms with van der Waals surface area (Å²) in [5, 5.41) is 0. The Labute approximate surface area is 207 Å². The maximum Gasteiger partial charge on any atom is 0.338 e. The van der Waals surface area contributed by atoms with Crippen molar-refractivity contribution in [1.29, 1.82) is 0 Å². The summed E-state index contributed by atoms with van der Waals surface area (Å²) in [5.41, 5.74) is 4.25. The van der Waals surface area contributed by atoms with Crippen LogP contribution in [0.25, 0.3) is 0 Å². The topological polar surface area (TPSA) is 151 Å². The molecule has 0 saturated carbocycles. The predicted octanol–water partition coefficient (Wildman–Crippen LogP) is 1.47. The molecule has 2 aromatic rings. The predicted molar refractivity (Wildman–Crippen MR) is 131 cm³/mol. The fraction of sp³-hybridized carbons (Fsp3) is 0.440. The summed E-state index contributed by atoms with van der Waals surface area (Å²) in [6.45, 7) is 7.31. The van der Waals surface area contributed by atoms with Gasteiger partial charge in [0.15, 0.2) is 6.61 Å². The number of nitrogens with zero attached hydrogens (tertiary/aromatic N) is 3. The molecule has 0 fully saturated rings. The van der Waals surface area contributed by atoms with Crippen molar-refractivity contribution >= 4 is 29.4 Å². The van der Waals surface area contributed by atoms with Crippen molar-refractivity contribution in [1.82, 2.24) is 14.0 Å². The van der Waals surface area contributed by atoms with E-state index in [2.05, 4.69) is 0 Å². The Kier molecular flexibility index (Phi) is 7.61. The van der Waals surface area contributed by atoms with Gasteiger partial charge in [-0.2, -0.15) is 0 Å². The van der Waals surface area contributed by atoms with Gasteiger partial charge in [-0.15, -0.1) is 0 Å². The number of ketones is 1. The average Bonchev–Trinajstić information content (AvgIpc) is 3.06. The van der Waals surface area contributed by atoms with Gasteiger partial charge in [0, 0.05) is 20.1 Å². The van der Waals surface area contributed by atoms with Crippen LogP contribution in [0, 0.1) is 11.8 Å². The van der Waals surface area contributed by atoms with Crippen LogP contribution in [0.15, 0.2) is 27.8 Å². The highest BCUT2D eigenvalue weighted by atomic mass is 16.5. The zero-order valence-electron chi connectivity index (χ0n) is 21.0. The molecule has 192 valence electrons. The van der Waals surface area contributed by atoms with E-state index in [0.29, 0.717) is 12.3 Å². The van der Waals surface area contributed by atoms with Gasteiger partial charge in [0.05, 0.1) is 16.7 Å². The van der Waals surface area contributed by atoms with Gasteiger partial charge in [-0.05, 0) is 36.5 Å². The first-order chi connectivity index (χ1) is 16.8. The molecule has 2 amide bonds. The molecule has 1 aromatic carbocycles. The third-order valence-electron chi connectivity index (χ3n) is 5.88. The summed E-state index contributed by atoms with van der Waals surface area (Å²) in [5.74, 6) is -2.68. The SMILES string of the molecule is CC(C)CCN1C(=O)c2ccc(C(=O)OCC(=O)c3c(N)n(CC(C)C)c(=O)n(C)c3=O)cc2C1=O. The lowest BCUT2D eigenvalue weighted by atomic mass is 10.1. The number of nitrogen functional groups attached to an aromatic ring is 1. The maximum atomic E-state index is 12.8. The smallest absolute Gasteiger partial charge is 0.338 e. The van der Waals surface area contributed by atoms with Crippen LogP contribution in [0.4, 0.5) is 5.82 Å². The van der Waals surface area contributed by atoms with Gasteiger partial charge < -0.3 is 10.5 Å². The van der Waals surface area contributed by atoms with Gasteiger partial charge in [0.1, 0.15) is 11.4 Å². The number of carbonyl (C=O) groups excluding carboxylic acids is 4. The molecular formula is C25H30N4O7. The summed E-state index contributed by atoms with van der Waals surface area (Å²) in [4.78, 5) is 76.8. The maximum absolute atomic E-state index is 12.8. The van der Waals surface area contributed by atoms with Crippen molar-refractivity contribution in [3.8, 4) is 0 Å². The standard InChI is InChI=1S/C25H30N4O7/c1-13(2)8-9-28-21(31)16-7-6-15(10-17(16)22(28)32)24(34)36-12-18(30)19-20(26)29(11-14(3)4)25(35)27(5)23(19)33/h6-7,10,13-14H,8-9,11-12,26H2,1-5H3. The van der Waals surface area contributed by atoms with Crippen LogP contribution in [-0.4, -0.2) is 50.8 Å². The molecular weight excluding hydrogens is 468 g/mol. The molecule has 36 heavy (non-hydrogen) atoms. The monoisotopic (exact) mass is 498 g/mol. The lowest BCUT2D eigenvalue weighted by molar-refractivity contribution is 0.0474. The number of aromatic nitrogens is 2. The Bertz CT molecular complexity index is 1370. The quantitative estimate of drug-likeness (QED) is 0.310. The van der Waals surface area contributed by atoms with Crippen LogP contribution in [0.5, 0.6) is 0 Å². The van der Waals surface area contributed by atoms with E-state index in [1.54, 1.807) is 0 Å². The van der Waals surface area contributed by atoms with Gasteiger partial charge in [-0.3, -0.25) is 33.2 Å². The third-order valence-corrected chi connectivity index (χ3v) is 5.88. The number of anilines is 1. The number of esters is 1. The molecule has 11 heteroatoms. The number of fused-ring (bicyclic) bond motifs is 1. The van der Waals surface area contributed by atoms with Gasteiger partial charge in [0.2, 0.25) is 5.78 Å². The molecule has 2 N–H and O–H groups in total. The lowest BCUT2D eigenvalue weighted by Gasteiger charge is -2.16. The van der Waals surface area contributed by atoms with E-state index in [-0.39, 0.29) is 41.5 Å². The summed E-state index contributed by atoms with van der Waals surface area (Å²) in [6, 6.07) is 3.96. The molecule has 1 aliphatic heterocycles. The fourth-order valence-corrected chi connectivity index (χ4v) is 3.88. The van der Waals surface area contributed by atoms with Crippen LogP contribution >= 0.6 is 0 Å². The molecule has 0 radical (unpaired) electrons. The third kappa shape index (κ3) is 5.00. The Morgan fingerprint density at radius 3 is 2.22 bits per heavy atom. The van der Waals surface area contributed by atoms with Crippen molar-refractivity contribution in [2.24, 2.45) is 18.9 Å². The minimum absolute atomic E-state index is 0.0129. The zero-order valence-corrected chi connectivity index (χ0v) is 21.0. The number of carbonyl (C=O) groups is 4. The van der Waals surface area contributed by atoms with Crippen molar-refractivity contribution in [3.63, 3.8) is 0 Å². The Morgan fingerprint density at radius 1 is 0.972 bits per heavy atom. The van der Waals surface area contributed by atoms with Gasteiger partial charge >= 0.3 is 11.7 Å². The fourth-order valence-electron chi connectivity index (χ4n) is 3.88. The summed E-state index contributed by atoms with van der Waals surface area (Å²) in [7, 11) is 1.23. The van der Waals surface area contributed by atoms with Crippen molar-refractivity contribution < 1.29 is 23.9 Å². The lowest BCUT2D eigenvalue weighted by Crippen LogP contribution is -2.43. The highest BCUT2D eigenvalue weighted by molar-refractivity contribution is 6.22. The molecule has 2 heterocycles. The molecule has 0 bridgehead atoms. The van der Waals surface area contributed by atoms with Crippen LogP contribution in [0.2, 0.25) is 0 Å². The van der Waals surface area contributed by atoms with Crippen LogP contribution in [0.1, 0.15) is 75.5 Å². The number of rotatable bonds is 9. The number of hydrogen-bond acceptors (Lipinski definition) is 8. The molecule has 3 rings (SSSR count). The number of nitrogens with two attached hydrogens (primary N) is 1. The highest BCUT2D eigenvalue weighted by Crippen LogP contribution is 2.25. The summed E-state index contributed by atoms with van der Waals surface area (Å²) < 4.78 is 7.00. The Morgan fingerprint density at radius 2 is 1.61 bits per heavy atom. The largest absolute Gasteiger partial charge is 0.454 e. The van der Waals surface area contributed by atoms with E-state index in [1.165, 1.54) is 25.2 Å². The first-order valence-corrected chi connectivity index (χ1v) is 11.6. The molecule has 0 saturated heterocycles. The van der Waals surface area contributed by atoms with Crippen molar-refractivity contribution in [2.75, 3.05) is 18.9 Å². The van der Waals surface area contributed by atoms with E-state index in [1.807, 2.05) is 27.7 Å². The number of benzene rings is 1. The number of ether oxygens (including phenoxy) is 1. The molecule has 1 aromatic heterocycles. The highest BCUT2D eigenvalue weighted by Gasteiger charge is 2.36. The molecule has 0 aliphatic carbocycles. The molecule has 0 unspecified atom stereocenters. The van der Waals surface area contributed by atoms with Crippen molar-refractivity contribution in [3.05, 3.63) is 61.3 Å². The zero-order chi connectivity index (χ0) is 26.9. The number of imide groups is 1. The summed E-state index contributed by atoms with van der Waals surface area (Å²) in [6.07, 6.45) is 0.648.